The molecule has 0 saturated heterocycles. The number of benzene rings is 2. The molecule has 30 heavy (non-hydrogen) atoms. The molecule has 3 aromatic rings. The number of nitrogens with one attached hydrogen (secondary N) is 1. The molecule has 2 aromatic carbocycles. The van der Waals surface area contributed by atoms with Crippen molar-refractivity contribution in [1.29, 1.82) is 0 Å². The van der Waals surface area contributed by atoms with Crippen molar-refractivity contribution in [3.05, 3.63) is 58.6 Å². The molecule has 0 fully saturated rings. The number of tetrazole rings is 1. The lowest BCUT2D eigenvalue weighted by Crippen LogP contribution is -2.15. The van der Waals surface area contributed by atoms with Crippen molar-refractivity contribution in [3.63, 3.8) is 0 Å². The third-order valence-corrected chi connectivity index (χ3v) is 5.60. The Balaban J connectivity index is 1.45. The first kappa shape index (κ1) is 22.4. The molecule has 0 aliphatic carbocycles. The molecule has 0 spiro atoms. The van der Waals surface area contributed by atoms with Crippen LogP contribution in [0.15, 0.2) is 47.6 Å². The van der Waals surface area contributed by atoms with Gasteiger partial charge in [-0.1, -0.05) is 41.6 Å². The van der Waals surface area contributed by atoms with Crippen LogP contribution in [0, 0.1) is 0 Å². The van der Waals surface area contributed by atoms with E-state index in [0.29, 0.717) is 13.2 Å². The first-order valence-electron chi connectivity index (χ1n) is 9.84. The summed E-state index contributed by atoms with van der Waals surface area (Å²) in [5.74, 6) is 2.46. The van der Waals surface area contributed by atoms with Crippen molar-refractivity contribution in [1.82, 2.24) is 25.5 Å². The summed E-state index contributed by atoms with van der Waals surface area (Å²) >= 11 is 7.59. The molecule has 0 radical (unpaired) electrons. The molecule has 0 unspecified atom stereocenters. The van der Waals surface area contributed by atoms with Gasteiger partial charge < -0.3 is 14.8 Å². The Kier molecular flexibility index (Phi) is 8.80. The number of nitrogens with zero attached hydrogens (tertiary/aromatic N) is 4. The van der Waals surface area contributed by atoms with Gasteiger partial charge >= 0.3 is 0 Å². The Morgan fingerprint density at radius 1 is 1.07 bits per heavy atom. The van der Waals surface area contributed by atoms with Crippen molar-refractivity contribution in [2.75, 3.05) is 18.9 Å². The Labute approximate surface area is 186 Å². The smallest absolute Gasteiger partial charge is 0.209 e. The molecule has 7 nitrogen and oxygen atoms in total. The highest BCUT2D eigenvalue weighted by atomic mass is 35.5. The number of aromatic nitrogens is 4. The van der Waals surface area contributed by atoms with E-state index < -0.39 is 0 Å². The molecule has 0 saturated carbocycles. The summed E-state index contributed by atoms with van der Waals surface area (Å²) < 4.78 is 13.4. The molecule has 1 N–H and O–H groups in total. The Morgan fingerprint density at radius 3 is 2.60 bits per heavy atom. The van der Waals surface area contributed by atoms with Gasteiger partial charge in [0.2, 0.25) is 5.16 Å². The minimum atomic E-state index is 0.466. The second-order valence-corrected chi connectivity index (χ2v) is 8.09. The summed E-state index contributed by atoms with van der Waals surface area (Å²) in [5, 5.41) is 16.5. The molecule has 9 heteroatoms. The fraction of sp³-hybridized carbons (Fsp3) is 0.381. The lowest BCUT2D eigenvalue weighted by Gasteiger charge is -2.14. The average Bonchev–Trinajstić information content (AvgIpc) is 3.16. The van der Waals surface area contributed by atoms with E-state index in [1.165, 1.54) is 0 Å². The number of hydrogen-bond donors (Lipinski definition) is 1. The minimum absolute atomic E-state index is 0.466. The zero-order chi connectivity index (χ0) is 21.2. The van der Waals surface area contributed by atoms with Crippen LogP contribution in [0.2, 0.25) is 5.02 Å². The van der Waals surface area contributed by atoms with E-state index in [1.54, 1.807) is 16.4 Å². The van der Waals surface area contributed by atoms with E-state index in [-0.39, 0.29) is 0 Å². The van der Waals surface area contributed by atoms with Crippen LogP contribution in [-0.4, -0.2) is 39.1 Å². The highest BCUT2D eigenvalue weighted by Crippen LogP contribution is 2.29. The van der Waals surface area contributed by atoms with Crippen LogP contribution >= 0.6 is 23.4 Å². The molecule has 3 rings (SSSR count). The van der Waals surface area contributed by atoms with Gasteiger partial charge in [-0.05, 0) is 65.7 Å². The number of hydrogen-bond acceptors (Lipinski definition) is 7. The van der Waals surface area contributed by atoms with E-state index in [0.717, 1.165) is 58.1 Å². The number of rotatable bonds is 12. The molecule has 0 bridgehead atoms. The van der Waals surface area contributed by atoms with Crippen molar-refractivity contribution >= 4 is 23.4 Å². The van der Waals surface area contributed by atoms with Crippen LogP contribution < -0.4 is 14.8 Å². The van der Waals surface area contributed by atoms with Crippen LogP contribution in [-0.2, 0) is 20.2 Å². The van der Waals surface area contributed by atoms with Gasteiger partial charge in [0.15, 0.2) is 11.5 Å². The Morgan fingerprint density at radius 2 is 1.87 bits per heavy atom. The van der Waals surface area contributed by atoms with Gasteiger partial charge in [0.25, 0.3) is 0 Å². The lowest BCUT2D eigenvalue weighted by atomic mass is 10.2. The lowest BCUT2D eigenvalue weighted by molar-refractivity contribution is 0.269. The van der Waals surface area contributed by atoms with Gasteiger partial charge in [-0.2, -0.15) is 0 Å². The molecular weight excluding hydrogens is 422 g/mol. The molecule has 1 aromatic heterocycles. The minimum Gasteiger partial charge on any atom is -0.490 e. The largest absolute Gasteiger partial charge is 0.490 e. The molecule has 0 aliphatic rings. The average molecular weight is 448 g/mol. The topological polar surface area (TPSA) is 74.1 Å². The van der Waals surface area contributed by atoms with Crippen molar-refractivity contribution < 1.29 is 9.47 Å². The van der Waals surface area contributed by atoms with Gasteiger partial charge in [0, 0.05) is 24.4 Å². The first-order valence-corrected chi connectivity index (χ1v) is 11.2. The monoisotopic (exact) mass is 447 g/mol. The zero-order valence-corrected chi connectivity index (χ0v) is 18.7. The van der Waals surface area contributed by atoms with E-state index in [9.17, 15) is 0 Å². The van der Waals surface area contributed by atoms with Gasteiger partial charge in [-0.3, -0.25) is 0 Å². The fourth-order valence-electron chi connectivity index (χ4n) is 2.73. The number of aryl methyl sites for hydroxylation is 1. The van der Waals surface area contributed by atoms with Crippen LogP contribution in [0.3, 0.4) is 0 Å². The second-order valence-electron chi connectivity index (χ2n) is 6.59. The summed E-state index contributed by atoms with van der Waals surface area (Å²) in [7, 11) is 1.85. The standard InChI is InChI=1S/C21H26ClN5O2S/c1-3-28-20-13-17(14-23-11-4-12-30-21-24-25-26-27(21)2)7-10-19(20)29-15-16-5-8-18(22)9-6-16/h5-10,13,23H,3-4,11-12,14-15H2,1-2H3. The molecule has 0 aliphatic heterocycles. The third kappa shape index (κ3) is 6.90. The van der Waals surface area contributed by atoms with E-state index >= 15 is 0 Å². The van der Waals surface area contributed by atoms with E-state index in [2.05, 4.69) is 26.9 Å². The van der Waals surface area contributed by atoms with Crippen molar-refractivity contribution in [3.8, 4) is 11.5 Å². The molecule has 160 valence electrons. The Bertz CT molecular complexity index is 920. The third-order valence-electron chi connectivity index (χ3n) is 4.26. The SMILES string of the molecule is CCOc1cc(CNCCCSc2nnnn2C)ccc1OCc1ccc(Cl)cc1. The zero-order valence-electron chi connectivity index (χ0n) is 17.2. The maximum atomic E-state index is 5.96. The number of ether oxygens (including phenoxy) is 2. The normalized spacial score (nSPS) is 10.9. The number of halogens is 1. The summed E-state index contributed by atoms with van der Waals surface area (Å²) in [5.41, 5.74) is 2.21. The molecular formula is C21H26ClN5O2S. The van der Waals surface area contributed by atoms with Crippen LogP contribution in [0.5, 0.6) is 11.5 Å². The molecule has 0 amide bonds. The van der Waals surface area contributed by atoms with Gasteiger partial charge in [0.1, 0.15) is 6.61 Å². The van der Waals surface area contributed by atoms with Crippen molar-refractivity contribution in [2.45, 2.75) is 31.7 Å². The quantitative estimate of drug-likeness (QED) is 0.330. The number of thioether (sulfide) groups is 1. The fourth-order valence-corrected chi connectivity index (χ4v) is 3.64. The van der Waals surface area contributed by atoms with E-state index in [4.69, 9.17) is 21.1 Å². The highest BCUT2D eigenvalue weighted by molar-refractivity contribution is 7.99. The predicted octanol–water partition coefficient (Wildman–Crippen LogP) is 4.11. The maximum Gasteiger partial charge on any atom is 0.209 e. The van der Waals surface area contributed by atoms with Crippen molar-refractivity contribution in [2.24, 2.45) is 7.05 Å². The predicted molar refractivity (Wildman–Crippen MR) is 119 cm³/mol. The summed E-state index contributed by atoms with van der Waals surface area (Å²) in [6.07, 6.45) is 1.03. The highest BCUT2D eigenvalue weighted by Gasteiger charge is 2.08. The summed E-state index contributed by atoms with van der Waals surface area (Å²) in [4.78, 5) is 0. The van der Waals surface area contributed by atoms with E-state index in [1.807, 2.05) is 50.4 Å². The molecule has 1 heterocycles. The summed E-state index contributed by atoms with van der Waals surface area (Å²) in [6, 6.07) is 13.7. The summed E-state index contributed by atoms with van der Waals surface area (Å²) in [6.45, 7) is 4.71. The van der Waals surface area contributed by atoms with Gasteiger partial charge in [0.05, 0.1) is 6.61 Å². The second kappa shape index (κ2) is 11.8. The Hall–Kier alpha value is -2.29. The van der Waals surface area contributed by atoms with Crippen LogP contribution in [0.4, 0.5) is 0 Å². The van der Waals surface area contributed by atoms with Gasteiger partial charge in [-0.15, -0.1) is 5.10 Å². The maximum absolute atomic E-state index is 5.96. The first-order chi connectivity index (χ1) is 14.7. The van der Waals surface area contributed by atoms with Gasteiger partial charge in [-0.25, -0.2) is 4.68 Å². The van der Waals surface area contributed by atoms with Crippen LogP contribution in [0.25, 0.3) is 0 Å². The van der Waals surface area contributed by atoms with Crippen LogP contribution in [0.1, 0.15) is 24.5 Å². The molecule has 0 atom stereocenters.